The van der Waals surface area contributed by atoms with Crippen LogP contribution in [-0.2, 0) is 6.54 Å². The summed E-state index contributed by atoms with van der Waals surface area (Å²) in [7, 11) is 0. The van der Waals surface area contributed by atoms with E-state index in [4.69, 9.17) is 21.1 Å². The van der Waals surface area contributed by atoms with Gasteiger partial charge in [0.1, 0.15) is 6.54 Å². The lowest BCUT2D eigenvalue weighted by atomic mass is 10.0. The molecule has 0 amide bonds. The SMILES string of the molecule is Cc1c(Cl)ccc2c(N3CC[NH+](Cc4ccc5c(c4)OCO5)CC3)c(C(=O)[O-])cnc12. The first-order valence-electron chi connectivity index (χ1n) is 10.3. The molecule has 7 nitrogen and oxygen atoms in total. The fraction of sp³-hybridized carbons (Fsp3) is 0.304. The van der Waals surface area contributed by atoms with Gasteiger partial charge in [-0.15, -0.1) is 0 Å². The van der Waals surface area contributed by atoms with Crippen LogP contribution < -0.4 is 24.4 Å². The minimum atomic E-state index is -1.22. The molecule has 0 aliphatic carbocycles. The number of rotatable bonds is 4. The number of halogens is 1. The number of piperazine rings is 1. The zero-order valence-corrected chi connectivity index (χ0v) is 17.9. The van der Waals surface area contributed by atoms with Gasteiger partial charge in [-0.3, -0.25) is 4.98 Å². The van der Waals surface area contributed by atoms with Crippen LogP contribution in [0.4, 0.5) is 5.69 Å². The van der Waals surface area contributed by atoms with E-state index in [9.17, 15) is 9.90 Å². The first kappa shape index (κ1) is 19.9. The van der Waals surface area contributed by atoms with Gasteiger partial charge in [0, 0.05) is 27.7 Å². The maximum absolute atomic E-state index is 11.8. The van der Waals surface area contributed by atoms with Gasteiger partial charge in [-0.2, -0.15) is 0 Å². The van der Waals surface area contributed by atoms with E-state index < -0.39 is 5.97 Å². The fourth-order valence-corrected chi connectivity index (χ4v) is 4.57. The number of anilines is 1. The molecule has 0 spiro atoms. The van der Waals surface area contributed by atoms with E-state index >= 15 is 0 Å². The second kappa shape index (κ2) is 7.90. The van der Waals surface area contributed by atoms with Crippen LogP contribution in [0.1, 0.15) is 21.5 Å². The average molecular weight is 440 g/mol. The zero-order chi connectivity index (χ0) is 21.5. The van der Waals surface area contributed by atoms with Gasteiger partial charge < -0.3 is 29.2 Å². The molecule has 3 heterocycles. The van der Waals surface area contributed by atoms with Crippen molar-refractivity contribution < 1.29 is 24.3 Å². The Morgan fingerprint density at radius 1 is 1.19 bits per heavy atom. The number of carbonyl (C=O) groups excluding carboxylic acids is 1. The maximum atomic E-state index is 11.8. The standard InChI is InChI=1S/C23H22ClN3O4/c1-14-18(24)4-3-16-21(14)25-11-17(23(28)29)22(16)27-8-6-26(7-9-27)12-15-2-5-19-20(10-15)31-13-30-19/h2-5,10-11H,6-9,12-13H2,1H3,(H,28,29). The molecule has 5 rings (SSSR count). The number of hydrogen-bond donors (Lipinski definition) is 1. The predicted octanol–water partition coefficient (Wildman–Crippen LogP) is 1.19. The van der Waals surface area contributed by atoms with E-state index in [1.807, 2.05) is 25.1 Å². The molecule has 0 saturated carbocycles. The number of aromatic nitrogens is 1. The van der Waals surface area contributed by atoms with Gasteiger partial charge in [-0.1, -0.05) is 11.6 Å². The minimum absolute atomic E-state index is 0.119. The summed E-state index contributed by atoms with van der Waals surface area (Å²) in [6.07, 6.45) is 1.39. The second-order valence-corrected chi connectivity index (χ2v) is 8.39. The van der Waals surface area contributed by atoms with Crippen LogP contribution in [0.15, 0.2) is 36.5 Å². The van der Waals surface area contributed by atoms with E-state index in [1.54, 1.807) is 6.07 Å². The summed E-state index contributed by atoms with van der Waals surface area (Å²) < 4.78 is 10.9. The highest BCUT2D eigenvalue weighted by Crippen LogP contribution is 2.34. The lowest BCUT2D eigenvalue weighted by molar-refractivity contribution is -0.914. The molecule has 1 fully saturated rings. The van der Waals surface area contributed by atoms with Crippen LogP contribution in [0.5, 0.6) is 11.5 Å². The summed E-state index contributed by atoms with van der Waals surface area (Å²) in [5.74, 6) is 0.372. The van der Waals surface area contributed by atoms with E-state index in [1.165, 1.54) is 16.7 Å². The molecule has 0 bridgehead atoms. The van der Waals surface area contributed by atoms with Crippen molar-refractivity contribution in [1.29, 1.82) is 0 Å². The minimum Gasteiger partial charge on any atom is -0.545 e. The third-order valence-corrected chi connectivity index (χ3v) is 6.51. The molecule has 1 N–H and O–H groups in total. The van der Waals surface area contributed by atoms with E-state index in [0.717, 1.165) is 60.7 Å². The van der Waals surface area contributed by atoms with Crippen LogP contribution >= 0.6 is 11.6 Å². The van der Waals surface area contributed by atoms with Crippen molar-refractivity contribution >= 4 is 34.2 Å². The number of quaternary nitrogens is 1. The molecule has 160 valence electrons. The lowest BCUT2D eigenvalue weighted by Crippen LogP contribution is -3.13. The fourth-order valence-electron chi connectivity index (χ4n) is 4.42. The van der Waals surface area contributed by atoms with Crippen molar-refractivity contribution in [1.82, 2.24) is 4.98 Å². The largest absolute Gasteiger partial charge is 0.545 e. The number of fused-ring (bicyclic) bond motifs is 2. The monoisotopic (exact) mass is 439 g/mol. The first-order chi connectivity index (χ1) is 15.0. The van der Waals surface area contributed by atoms with Crippen molar-refractivity contribution in [3.05, 3.63) is 58.2 Å². The number of benzene rings is 2. The Balaban J connectivity index is 1.38. The zero-order valence-electron chi connectivity index (χ0n) is 17.1. The van der Waals surface area contributed by atoms with Crippen molar-refractivity contribution in [3.63, 3.8) is 0 Å². The summed E-state index contributed by atoms with van der Waals surface area (Å²) in [4.78, 5) is 19.7. The van der Waals surface area contributed by atoms with Crippen molar-refractivity contribution in [3.8, 4) is 11.5 Å². The number of pyridine rings is 1. The number of aryl methyl sites for hydroxylation is 1. The van der Waals surface area contributed by atoms with E-state index in [0.29, 0.717) is 10.7 Å². The molecule has 1 aromatic heterocycles. The number of hydrogen-bond acceptors (Lipinski definition) is 6. The van der Waals surface area contributed by atoms with Crippen LogP contribution in [0.25, 0.3) is 10.9 Å². The third-order valence-electron chi connectivity index (χ3n) is 6.10. The number of aromatic carboxylic acids is 1. The molecule has 0 unspecified atom stereocenters. The highest BCUT2D eigenvalue weighted by Gasteiger charge is 2.25. The molecular formula is C23H22ClN3O4. The van der Waals surface area contributed by atoms with Crippen molar-refractivity contribution in [2.75, 3.05) is 37.9 Å². The van der Waals surface area contributed by atoms with Gasteiger partial charge in [-0.25, -0.2) is 0 Å². The Morgan fingerprint density at radius 2 is 1.97 bits per heavy atom. The van der Waals surface area contributed by atoms with Gasteiger partial charge in [0.05, 0.1) is 43.4 Å². The Kier molecular flexibility index (Phi) is 5.08. The van der Waals surface area contributed by atoms with E-state index in [2.05, 4.69) is 16.0 Å². The average Bonchev–Trinajstić information content (AvgIpc) is 3.24. The molecular weight excluding hydrogens is 418 g/mol. The Bertz CT molecular complexity index is 1180. The molecule has 0 radical (unpaired) electrons. The third kappa shape index (κ3) is 3.64. The van der Waals surface area contributed by atoms with E-state index in [-0.39, 0.29) is 12.4 Å². The number of carboxylic acids is 1. The summed E-state index contributed by atoms with van der Waals surface area (Å²) >= 11 is 6.26. The number of nitrogens with zero attached hydrogens (tertiary/aromatic N) is 2. The highest BCUT2D eigenvalue weighted by atomic mass is 35.5. The molecule has 2 aromatic carbocycles. The molecule has 0 atom stereocenters. The Morgan fingerprint density at radius 3 is 2.74 bits per heavy atom. The Hall–Kier alpha value is -3.03. The summed E-state index contributed by atoms with van der Waals surface area (Å²) in [6.45, 7) is 6.30. The van der Waals surface area contributed by atoms with Crippen LogP contribution in [-0.4, -0.2) is 43.9 Å². The summed E-state index contributed by atoms with van der Waals surface area (Å²) in [5.41, 5.74) is 3.56. The lowest BCUT2D eigenvalue weighted by Gasteiger charge is -2.35. The number of carbonyl (C=O) groups is 1. The number of nitrogens with one attached hydrogen (secondary N) is 1. The molecule has 1 saturated heterocycles. The van der Waals surface area contributed by atoms with Gasteiger partial charge in [0.25, 0.3) is 0 Å². The normalized spacial score (nSPS) is 16.1. The quantitative estimate of drug-likeness (QED) is 0.658. The van der Waals surface area contributed by atoms with Gasteiger partial charge >= 0.3 is 0 Å². The predicted molar refractivity (Wildman–Crippen MR) is 115 cm³/mol. The highest BCUT2D eigenvalue weighted by molar-refractivity contribution is 6.32. The summed E-state index contributed by atoms with van der Waals surface area (Å²) in [6, 6.07) is 9.72. The topological polar surface area (TPSA) is 79.2 Å². The van der Waals surface area contributed by atoms with Crippen LogP contribution in [0.2, 0.25) is 5.02 Å². The van der Waals surface area contributed by atoms with Crippen molar-refractivity contribution in [2.45, 2.75) is 13.5 Å². The molecule has 8 heteroatoms. The van der Waals surface area contributed by atoms with Gasteiger partial charge in [0.2, 0.25) is 6.79 Å². The second-order valence-electron chi connectivity index (χ2n) is 7.98. The van der Waals surface area contributed by atoms with Crippen molar-refractivity contribution in [2.24, 2.45) is 0 Å². The molecule has 2 aliphatic heterocycles. The Labute approximate surface area is 184 Å². The van der Waals surface area contributed by atoms with Crippen LogP contribution in [0, 0.1) is 6.92 Å². The van der Waals surface area contributed by atoms with Crippen LogP contribution in [0.3, 0.4) is 0 Å². The first-order valence-corrected chi connectivity index (χ1v) is 10.7. The number of ether oxygens (including phenoxy) is 2. The maximum Gasteiger partial charge on any atom is 0.231 e. The van der Waals surface area contributed by atoms with Gasteiger partial charge in [-0.05, 0) is 42.8 Å². The summed E-state index contributed by atoms with van der Waals surface area (Å²) in [5, 5.41) is 13.2. The molecule has 2 aliphatic rings. The van der Waals surface area contributed by atoms with Gasteiger partial charge in [0.15, 0.2) is 11.5 Å². The smallest absolute Gasteiger partial charge is 0.231 e. The number of carboxylic acid groups (broad SMARTS) is 1. The molecule has 3 aromatic rings. The molecule has 31 heavy (non-hydrogen) atoms.